The molecule has 0 radical (unpaired) electrons. The summed E-state index contributed by atoms with van der Waals surface area (Å²) < 4.78 is 0. The van der Waals surface area contributed by atoms with Crippen molar-refractivity contribution in [2.75, 3.05) is 0 Å². The first-order chi connectivity index (χ1) is 13.2. The van der Waals surface area contributed by atoms with E-state index in [1.165, 1.54) is 109 Å². The van der Waals surface area contributed by atoms with Crippen molar-refractivity contribution in [3.63, 3.8) is 0 Å². The second-order valence-corrected chi connectivity index (χ2v) is 8.04. The molecule has 1 unspecified atom stereocenters. The van der Waals surface area contributed by atoms with Gasteiger partial charge in [-0.05, 0) is 12.5 Å². The molecule has 0 bridgehead atoms. The quantitative estimate of drug-likeness (QED) is 0.182. The number of rotatable bonds is 21. The first-order valence-electron chi connectivity index (χ1n) is 11.7. The Bertz CT molecular complexity index is 345. The Morgan fingerprint density at radius 1 is 0.714 bits per heavy atom. The molecule has 28 heavy (non-hydrogen) atoms. The second kappa shape index (κ2) is 25.2. The fraction of sp³-hybridized carbons (Fsp3) is 0.875. The largest absolute Gasteiger partial charge is 1.00 e. The molecule has 1 N–H and O–H groups in total. The number of carboxylic acid groups (broad SMARTS) is 1. The number of carbonyl (C=O) groups is 1. The molecule has 0 spiro atoms. The zero-order valence-corrected chi connectivity index (χ0v) is 20.9. The van der Waals surface area contributed by atoms with Gasteiger partial charge >= 0.3 is 29.6 Å². The Balaban J connectivity index is 0. The fourth-order valence-electron chi connectivity index (χ4n) is 3.54. The summed E-state index contributed by atoms with van der Waals surface area (Å²) in [6.07, 6.45) is 26.4. The Morgan fingerprint density at radius 2 is 1.04 bits per heavy atom. The van der Waals surface area contributed by atoms with Crippen molar-refractivity contribution < 1.29 is 44.6 Å². The van der Waals surface area contributed by atoms with E-state index >= 15 is 0 Å². The van der Waals surface area contributed by atoms with Crippen LogP contribution in [0.5, 0.6) is 0 Å². The molecule has 0 amide bonds. The molecular formula is C24H45NaO3. The van der Waals surface area contributed by atoms with E-state index in [0.29, 0.717) is 6.42 Å². The number of unbranched alkanes of at least 4 members (excludes halogenated alkanes) is 17. The summed E-state index contributed by atoms with van der Waals surface area (Å²) in [7, 11) is 0. The molecule has 0 aliphatic carbocycles. The van der Waals surface area contributed by atoms with Gasteiger partial charge in [-0.15, -0.1) is 0 Å². The van der Waals surface area contributed by atoms with Crippen LogP contribution in [0.4, 0.5) is 0 Å². The summed E-state index contributed by atoms with van der Waals surface area (Å²) in [6.45, 7) is 2.28. The number of aliphatic hydroxyl groups excluding tert-OH is 1. The summed E-state index contributed by atoms with van der Waals surface area (Å²) in [4.78, 5) is 10.2. The van der Waals surface area contributed by atoms with Crippen LogP contribution in [0.15, 0.2) is 12.2 Å². The van der Waals surface area contributed by atoms with Crippen molar-refractivity contribution >= 4 is 5.97 Å². The molecule has 0 aliphatic rings. The van der Waals surface area contributed by atoms with E-state index in [1.54, 1.807) is 0 Å². The van der Waals surface area contributed by atoms with Crippen molar-refractivity contribution in [3.05, 3.63) is 12.2 Å². The molecular weight excluding hydrogens is 359 g/mol. The smallest absolute Gasteiger partial charge is 0.545 e. The van der Waals surface area contributed by atoms with Crippen LogP contribution in [0.3, 0.4) is 0 Å². The van der Waals surface area contributed by atoms with Crippen LogP contribution in [0.1, 0.15) is 129 Å². The minimum absolute atomic E-state index is 0. The Labute approximate surface area is 197 Å². The van der Waals surface area contributed by atoms with Gasteiger partial charge in [0.05, 0.1) is 12.1 Å². The topological polar surface area (TPSA) is 60.4 Å². The van der Waals surface area contributed by atoms with E-state index in [4.69, 9.17) is 0 Å². The van der Waals surface area contributed by atoms with Crippen LogP contribution >= 0.6 is 0 Å². The van der Waals surface area contributed by atoms with Gasteiger partial charge in [0, 0.05) is 0 Å². The van der Waals surface area contributed by atoms with Gasteiger partial charge in [-0.2, -0.15) is 0 Å². The van der Waals surface area contributed by atoms with Crippen LogP contribution in [0.25, 0.3) is 0 Å². The molecule has 0 aromatic rings. The van der Waals surface area contributed by atoms with Crippen molar-refractivity contribution in [1.29, 1.82) is 0 Å². The maximum atomic E-state index is 10.2. The molecule has 0 saturated carbocycles. The van der Waals surface area contributed by atoms with Gasteiger partial charge in [0.25, 0.3) is 0 Å². The van der Waals surface area contributed by atoms with E-state index < -0.39 is 12.1 Å². The minimum Gasteiger partial charge on any atom is -0.545 e. The van der Waals surface area contributed by atoms with Crippen LogP contribution in [-0.4, -0.2) is 17.2 Å². The number of carboxylic acids is 1. The van der Waals surface area contributed by atoms with Crippen molar-refractivity contribution in [3.8, 4) is 0 Å². The van der Waals surface area contributed by atoms with E-state index in [9.17, 15) is 15.0 Å². The standard InChI is InChI=1S/C24H46O3.Na/c1-2-3-4-5-6-7-8-9-10-11-12-13-14-15-16-17-18-19-20-23(25)21-22-24(26)27;/h21-23,25H,2-20H2,1H3,(H,26,27);/q;+1/p-1. The van der Waals surface area contributed by atoms with Gasteiger partial charge < -0.3 is 15.0 Å². The number of carbonyl (C=O) groups excluding carboxylic acids is 1. The third kappa shape index (κ3) is 26.2. The molecule has 0 saturated heterocycles. The van der Waals surface area contributed by atoms with Crippen molar-refractivity contribution in [2.24, 2.45) is 0 Å². The summed E-state index contributed by atoms with van der Waals surface area (Å²) in [5.74, 6) is -1.24. The minimum atomic E-state index is -1.24. The molecule has 0 aromatic carbocycles. The van der Waals surface area contributed by atoms with Gasteiger partial charge in [-0.3, -0.25) is 0 Å². The van der Waals surface area contributed by atoms with Gasteiger partial charge in [-0.25, -0.2) is 0 Å². The van der Waals surface area contributed by atoms with Crippen LogP contribution in [0.2, 0.25) is 0 Å². The van der Waals surface area contributed by atoms with Gasteiger partial charge in [-0.1, -0.05) is 129 Å². The fourth-order valence-corrected chi connectivity index (χ4v) is 3.54. The number of aliphatic carboxylic acids is 1. The molecule has 3 nitrogen and oxygen atoms in total. The summed E-state index contributed by atoms with van der Waals surface area (Å²) >= 11 is 0. The molecule has 0 heterocycles. The number of hydrogen-bond acceptors (Lipinski definition) is 3. The van der Waals surface area contributed by atoms with Crippen LogP contribution in [-0.2, 0) is 4.79 Å². The average molecular weight is 405 g/mol. The Kier molecular flexibility index (Phi) is 27.3. The second-order valence-electron chi connectivity index (χ2n) is 8.04. The number of aliphatic hydroxyl groups is 1. The average Bonchev–Trinajstić information content (AvgIpc) is 2.65. The Hall–Kier alpha value is 0.170. The molecule has 0 fully saturated rings. The third-order valence-corrected chi connectivity index (χ3v) is 5.31. The van der Waals surface area contributed by atoms with Gasteiger partial charge in [0.15, 0.2) is 0 Å². The zero-order valence-electron chi connectivity index (χ0n) is 18.9. The first kappa shape index (κ1) is 30.4. The van der Waals surface area contributed by atoms with E-state index in [-0.39, 0.29) is 29.6 Å². The van der Waals surface area contributed by atoms with E-state index in [0.717, 1.165) is 18.9 Å². The first-order valence-corrected chi connectivity index (χ1v) is 11.7. The molecule has 0 rings (SSSR count). The SMILES string of the molecule is CCCCCCCCCCCCCCCCCCCCC(O)C=CC(=O)[O-].[Na+]. The van der Waals surface area contributed by atoms with Crippen molar-refractivity contribution in [1.82, 2.24) is 0 Å². The molecule has 0 aromatic heterocycles. The van der Waals surface area contributed by atoms with Crippen molar-refractivity contribution in [2.45, 2.75) is 135 Å². The Morgan fingerprint density at radius 3 is 1.36 bits per heavy atom. The number of hydrogen-bond donors (Lipinski definition) is 1. The third-order valence-electron chi connectivity index (χ3n) is 5.31. The maximum absolute atomic E-state index is 10.2. The van der Waals surface area contributed by atoms with E-state index in [2.05, 4.69) is 6.92 Å². The zero-order chi connectivity index (χ0) is 20.0. The van der Waals surface area contributed by atoms with Crippen LogP contribution < -0.4 is 34.7 Å². The van der Waals surface area contributed by atoms with Gasteiger partial charge in [0.1, 0.15) is 0 Å². The monoisotopic (exact) mass is 404 g/mol. The predicted octanol–water partition coefficient (Wildman–Crippen LogP) is 3.09. The predicted molar refractivity (Wildman–Crippen MR) is 114 cm³/mol. The maximum Gasteiger partial charge on any atom is 1.00 e. The summed E-state index contributed by atoms with van der Waals surface area (Å²) in [5, 5.41) is 19.8. The molecule has 160 valence electrons. The molecule has 4 heteroatoms. The summed E-state index contributed by atoms with van der Waals surface area (Å²) in [6, 6.07) is 0. The summed E-state index contributed by atoms with van der Waals surface area (Å²) in [5.41, 5.74) is 0. The van der Waals surface area contributed by atoms with E-state index in [1.807, 2.05) is 0 Å². The molecule has 0 aliphatic heterocycles. The normalized spacial score (nSPS) is 12.2. The van der Waals surface area contributed by atoms with Crippen LogP contribution in [0, 0.1) is 0 Å². The van der Waals surface area contributed by atoms with Gasteiger partial charge in [0.2, 0.25) is 0 Å². The molecule has 1 atom stereocenters.